The molecule has 0 saturated heterocycles. The average Bonchev–Trinajstić information content (AvgIpc) is 2.49. The van der Waals surface area contributed by atoms with Crippen LogP contribution in [-0.2, 0) is 16.3 Å². The Bertz CT molecular complexity index is 677. The van der Waals surface area contributed by atoms with E-state index in [2.05, 4.69) is 0 Å². The van der Waals surface area contributed by atoms with Crippen molar-refractivity contribution in [2.45, 2.75) is 17.7 Å². The number of benzene rings is 2. The average molecular weight is 290 g/mol. The molecule has 0 bridgehead atoms. The lowest BCUT2D eigenvalue weighted by Gasteiger charge is -2.02. The van der Waals surface area contributed by atoms with Crippen molar-refractivity contribution < 1.29 is 12.8 Å². The highest BCUT2D eigenvalue weighted by molar-refractivity contribution is 7.95. The van der Waals surface area contributed by atoms with Gasteiger partial charge in [-0.3, -0.25) is 0 Å². The van der Waals surface area contributed by atoms with Gasteiger partial charge in [0.1, 0.15) is 0 Å². The van der Waals surface area contributed by atoms with Gasteiger partial charge in [-0.05, 0) is 36.6 Å². The molecule has 0 aliphatic rings. The van der Waals surface area contributed by atoms with Gasteiger partial charge in [-0.15, -0.1) is 0 Å². The molecule has 0 radical (unpaired) electrons. The summed E-state index contributed by atoms with van der Waals surface area (Å²) in [6.45, 7) is 0. The zero-order valence-electron chi connectivity index (χ0n) is 10.9. The zero-order chi connectivity index (χ0) is 14.4. The quantitative estimate of drug-likeness (QED) is 0.836. The van der Waals surface area contributed by atoms with E-state index < -0.39 is 15.0 Å². The maximum absolute atomic E-state index is 13.8. The number of halogens is 1. The van der Waals surface area contributed by atoms with Gasteiger partial charge in [0.15, 0.2) is 0 Å². The molecule has 2 aromatic carbocycles. The minimum atomic E-state index is -4.00. The van der Waals surface area contributed by atoms with Gasteiger partial charge >= 0.3 is 0 Å². The van der Waals surface area contributed by atoms with Gasteiger partial charge in [0.25, 0.3) is 0 Å². The van der Waals surface area contributed by atoms with Gasteiger partial charge in [0, 0.05) is 0 Å². The van der Waals surface area contributed by atoms with E-state index in [-0.39, 0.29) is 4.90 Å². The Balaban J connectivity index is 2.07. The molecule has 104 valence electrons. The summed E-state index contributed by atoms with van der Waals surface area (Å²) in [7, 11) is -4.00. The monoisotopic (exact) mass is 290 g/mol. The van der Waals surface area contributed by atoms with E-state index in [9.17, 15) is 12.8 Å². The highest BCUT2D eigenvalue weighted by Gasteiger charge is 2.19. The molecule has 0 fully saturated rings. The second-order valence-corrected chi connectivity index (χ2v) is 6.22. The van der Waals surface area contributed by atoms with Crippen molar-refractivity contribution in [3.63, 3.8) is 0 Å². The van der Waals surface area contributed by atoms with Crippen molar-refractivity contribution in [1.29, 1.82) is 0 Å². The lowest BCUT2D eigenvalue weighted by molar-refractivity contribution is 0.576. The van der Waals surface area contributed by atoms with Gasteiger partial charge < -0.3 is 0 Å². The molecule has 2 rings (SSSR count). The van der Waals surface area contributed by atoms with Crippen molar-refractivity contribution in [3.05, 3.63) is 77.5 Å². The van der Waals surface area contributed by atoms with E-state index in [1.807, 2.05) is 30.3 Å². The van der Waals surface area contributed by atoms with Crippen LogP contribution >= 0.6 is 0 Å². The summed E-state index contributed by atoms with van der Waals surface area (Å²) < 4.78 is 37.7. The summed E-state index contributed by atoms with van der Waals surface area (Å²) in [6.07, 6.45) is 2.09. The molecule has 0 spiro atoms. The van der Waals surface area contributed by atoms with Crippen LogP contribution in [0.4, 0.5) is 4.39 Å². The summed E-state index contributed by atoms with van der Waals surface area (Å²) in [5.74, 6) is 0. The highest BCUT2D eigenvalue weighted by atomic mass is 32.2. The summed E-state index contributed by atoms with van der Waals surface area (Å²) in [6, 6.07) is 17.2. The second kappa shape index (κ2) is 6.48. The van der Waals surface area contributed by atoms with Crippen LogP contribution in [0.5, 0.6) is 0 Å². The largest absolute Gasteiger partial charge is 0.232 e. The highest BCUT2D eigenvalue weighted by Crippen LogP contribution is 2.20. The molecule has 0 heterocycles. The summed E-state index contributed by atoms with van der Waals surface area (Å²) >= 11 is 0. The second-order valence-electron chi connectivity index (χ2n) is 4.35. The van der Waals surface area contributed by atoms with Crippen LogP contribution in [0, 0.1) is 0 Å². The molecule has 0 amide bonds. The first-order chi connectivity index (χ1) is 9.60. The number of allylic oxidation sites excluding steroid dienone is 1. The molecule has 4 heteroatoms. The fourth-order valence-corrected chi connectivity index (χ4v) is 2.90. The number of hydrogen-bond acceptors (Lipinski definition) is 2. The fourth-order valence-electron chi connectivity index (χ4n) is 1.82. The third kappa shape index (κ3) is 3.54. The predicted molar refractivity (Wildman–Crippen MR) is 77.6 cm³/mol. The van der Waals surface area contributed by atoms with Crippen LogP contribution in [0.2, 0.25) is 0 Å². The number of rotatable bonds is 5. The van der Waals surface area contributed by atoms with Crippen molar-refractivity contribution in [2.24, 2.45) is 0 Å². The van der Waals surface area contributed by atoms with E-state index in [4.69, 9.17) is 0 Å². The Hall–Kier alpha value is -1.94. The standard InChI is InChI=1S/C16H15FO2S/c17-16(13-7-10-14-8-3-1-4-9-14)20(18,19)15-11-5-2-6-12-15/h1-6,8-9,11-13H,7,10H2/b16-13+. The summed E-state index contributed by atoms with van der Waals surface area (Å²) in [5.41, 5.74) is 1.05. The molecule has 0 aromatic heterocycles. The molecule has 20 heavy (non-hydrogen) atoms. The van der Waals surface area contributed by atoms with E-state index in [1.54, 1.807) is 18.2 Å². The van der Waals surface area contributed by atoms with Crippen LogP contribution in [0.15, 0.2) is 76.8 Å². The smallest absolute Gasteiger partial charge is 0.216 e. The number of sulfone groups is 1. The lowest BCUT2D eigenvalue weighted by Crippen LogP contribution is -2.01. The van der Waals surface area contributed by atoms with Crippen molar-refractivity contribution in [3.8, 4) is 0 Å². The van der Waals surface area contributed by atoms with Gasteiger partial charge in [-0.2, -0.15) is 4.39 Å². The molecular formula is C16H15FO2S. The SMILES string of the molecule is O=S(=O)(/C(F)=C/CCc1ccccc1)c1ccccc1. The molecule has 0 N–H and O–H groups in total. The number of aryl methyl sites for hydroxylation is 1. The van der Waals surface area contributed by atoms with Crippen molar-refractivity contribution >= 4 is 9.84 Å². The molecule has 0 atom stereocenters. The van der Waals surface area contributed by atoms with Crippen LogP contribution < -0.4 is 0 Å². The van der Waals surface area contributed by atoms with Gasteiger partial charge in [-0.25, -0.2) is 8.42 Å². The Morgan fingerprint density at radius 3 is 2.10 bits per heavy atom. The maximum Gasteiger partial charge on any atom is 0.232 e. The first-order valence-electron chi connectivity index (χ1n) is 6.30. The van der Waals surface area contributed by atoms with Crippen LogP contribution in [0.1, 0.15) is 12.0 Å². The van der Waals surface area contributed by atoms with Gasteiger partial charge in [0.05, 0.1) is 4.90 Å². The van der Waals surface area contributed by atoms with Crippen molar-refractivity contribution in [1.82, 2.24) is 0 Å². The minimum absolute atomic E-state index is 0.0199. The lowest BCUT2D eigenvalue weighted by atomic mass is 10.1. The van der Waals surface area contributed by atoms with Crippen LogP contribution in [-0.4, -0.2) is 8.42 Å². The molecule has 2 aromatic rings. The van der Waals surface area contributed by atoms with E-state index in [1.165, 1.54) is 12.1 Å². The Morgan fingerprint density at radius 1 is 0.950 bits per heavy atom. The van der Waals surface area contributed by atoms with Crippen LogP contribution in [0.3, 0.4) is 0 Å². The predicted octanol–water partition coefficient (Wildman–Crippen LogP) is 3.90. The fraction of sp³-hybridized carbons (Fsp3) is 0.125. The van der Waals surface area contributed by atoms with Crippen LogP contribution in [0.25, 0.3) is 0 Å². The van der Waals surface area contributed by atoms with Gasteiger partial charge in [0.2, 0.25) is 15.0 Å². The van der Waals surface area contributed by atoms with E-state index in [0.29, 0.717) is 12.8 Å². The number of hydrogen-bond donors (Lipinski definition) is 0. The Labute approximate surface area is 118 Å². The Morgan fingerprint density at radius 2 is 1.50 bits per heavy atom. The maximum atomic E-state index is 13.8. The molecule has 0 saturated carbocycles. The first-order valence-corrected chi connectivity index (χ1v) is 7.79. The third-order valence-corrected chi connectivity index (χ3v) is 4.46. The Kier molecular flexibility index (Phi) is 4.69. The minimum Gasteiger partial charge on any atom is -0.216 e. The zero-order valence-corrected chi connectivity index (χ0v) is 11.7. The molecule has 0 aliphatic carbocycles. The van der Waals surface area contributed by atoms with Gasteiger partial charge in [-0.1, -0.05) is 48.5 Å². The summed E-state index contributed by atoms with van der Waals surface area (Å²) in [4.78, 5) is -0.0199. The topological polar surface area (TPSA) is 34.1 Å². The van der Waals surface area contributed by atoms with E-state index in [0.717, 1.165) is 11.6 Å². The van der Waals surface area contributed by atoms with E-state index >= 15 is 0 Å². The first kappa shape index (κ1) is 14.5. The molecule has 2 nitrogen and oxygen atoms in total. The molecular weight excluding hydrogens is 275 g/mol. The molecule has 0 aliphatic heterocycles. The van der Waals surface area contributed by atoms with Crippen molar-refractivity contribution in [2.75, 3.05) is 0 Å². The third-order valence-electron chi connectivity index (χ3n) is 2.89. The normalized spacial score (nSPS) is 12.3. The molecule has 0 unspecified atom stereocenters. The summed E-state index contributed by atoms with van der Waals surface area (Å²) in [5, 5.41) is -1.08.